The summed E-state index contributed by atoms with van der Waals surface area (Å²) in [4.78, 5) is 14.4. The van der Waals surface area contributed by atoms with Gasteiger partial charge in [-0.3, -0.25) is 0 Å². The average Bonchev–Trinajstić information content (AvgIpc) is 3.40. The van der Waals surface area contributed by atoms with Gasteiger partial charge in [-0.2, -0.15) is 0 Å². The molecular weight excluding hydrogens is 406 g/mol. The maximum absolute atomic E-state index is 5.14. The Hall–Kier alpha value is -3.83. The summed E-state index contributed by atoms with van der Waals surface area (Å²) in [6.45, 7) is 2.96. The lowest BCUT2D eigenvalue weighted by Gasteiger charge is -2.12. The van der Waals surface area contributed by atoms with Crippen LogP contribution in [0.4, 0.5) is 5.69 Å². The zero-order valence-electron chi connectivity index (χ0n) is 19.5. The number of aryl methyl sites for hydroxylation is 1. The number of anilines is 1. The average molecular weight is 436 g/mol. The van der Waals surface area contributed by atoms with Gasteiger partial charge in [0.25, 0.3) is 0 Å². The summed E-state index contributed by atoms with van der Waals surface area (Å²) < 4.78 is 0. The molecule has 0 amide bonds. The molecule has 3 aromatic carbocycles. The van der Waals surface area contributed by atoms with Gasteiger partial charge < -0.3 is 20.2 Å². The molecule has 33 heavy (non-hydrogen) atoms. The minimum Gasteiger partial charge on any atom is -0.378 e. The molecule has 0 saturated carbocycles. The maximum Gasteiger partial charge on any atom is 0.140 e. The van der Waals surface area contributed by atoms with Crippen LogP contribution in [0.2, 0.25) is 0 Å². The van der Waals surface area contributed by atoms with E-state index < -0.39 is 0 Å². The van der Waals surface area contributed by atoms with Gasteiger partial charge in [-0.25, -0.2) is 4.98 Å². The number of hydrogen-bond acceptors (Lipinski definition) is 3. The minimum atomic E-state index is 0.849. The van der Waals surface area contributed by atoms with E-state index in [1.807, 2.05) is 7.05 Å². The lowest BCUT2D eigenvalue weighted by Crippen LogP contribution is -2.07. The normalized spacial score (nSPS) is 11.3. The molecule has 5 heteroatoms. The molecule has 0 atom stereocenters. The van der Waals surface area contributed by atoms with Gasteiger partial charge in [-0.1, -0.05) is 54.6 Å². The monoisotopic (exact) mass is 435 g/mol. The van der Waals surface area contributed by atoms with Crippen molar-refractivity contribution in [2.75, 3.05) is 26.0 Å². The highest BCUT2D eigenvalue weighted by Crippen LogP contribution is 2.37. The van der Waals surface area contributed by atoms with Crippen molar-refractivity contribution < 1.29 is 0 Å². The summed E-state index contributed by atoms with van der Waals surface area (Å²) >= 11 is 0. The Labute approximate surface area is 194 Å². The van der Waals surface area contributed by atoms with E-state index in [0.717, 1.165) is 51.7 Å². The lowest BCUT2D eigenvalue weighted by molar-refractivity contribution is 0.818. The summed E-state index contributed by atoms with van der Waals surface area (Å²) in [5.74, 6) is 0.880. The molecule has 0 bridgehead atoms. The fourth-order valence-electron chi connectivity index (χ4n) is 4.40. The second-order valence-electron chi connectivity index (χ2n) is 8.65. The van der Waals surface area contributed by atoms with Crippen LogP contribution in [0.15, 0.2) is 72.8 Å². The largest absolute Gasteiger partial charge is 0.378 e. The highest BCUT2D eigenvalue weighted by atomic mass is 15.1. The summed E-state index contributed by atoms with van der Waals surface area (Å²) in [6, 6.07) is 25.6. The topological polar surface area (TPSA) is 59.7 Å². The zero-order valence-corrected chi connectivity index (χ0v) is 19.5. The molecule has 3 N–H and O–H groups in total. The summed E-state index contributed by atoms with van der Waals surface area (Å²) in [6.07, 6.45) is 0. The number of aromatic amines is 2. The van der Waals surface area contributed by atoms with Crippen LogP contribution in [0, 0.1) is 6.92 Å². The van der Waals surface area contributed by atoms with Crippen LogP contribution in [-0.2, 0) is 6.54 Å². The number of fused-ring (bicyclic) bond motifs is 1. The molecule has 166 valence electrons. The van der Waals surface area contributed by atoms with Gasteiger partial charge in [-0.15, -0.1) is 0 Å². The predicted molar refractivity (Wildman–Crippen MR) is 139 cm³/mol. The van der Waals surface area contributed by atoms with Crippen LogP contribution >= 0.6 is 0 Å². The third-order valence-corrected chi connectivity index (χ3v) is 6.11. The maximum atomic E-state index is 5.14. The second-order valence-corrected chi connectivity index (χ2v) is 8.65. The standard InChI is InChI=1S/C28H29N5/c1-18-25(23-7-5-6-8-24(23)30-18)28-31-26(20-11-9-19(10-12-20)17-29-2)27(32-28)21-13-15-22(16-14-21)33(3)4/h5-16,29-30H,17H2,1-4H3,(H,31,32). The Morgan fingerprint density at radius 2 is 1.55 bits per heavy atom. The number of benzene rings is 3. The Morgan fingerprint density at radius 3 is 2.24 bits per heavy atom. The number of rotatable bonds is 6. The molecule has 0 radical (unpaired) electrons. The van der Waals surface area contributed by atoms with Crippen LogP contribution in [0.25, 0.3) is 44.8 Å². The van der Waals surface area contributed by atoms with Gasteiger partial charge in [-0.05, 0) is 37.7 Å². The first-order valence-electron chi connectivity index (χ1n) is 11.2. The molecule has 0 fully saturated rings. The molecule has 0 aliphatic heterocycles. The molecular formula is C28H29N5. The van der Waals surface area contributed by atoms with Crippen molar-refractivity contribution >= 4 is 16.6 Å². The molecule has 2 aromatic heterocycles. The van der Waals surface area contributed by atoms with E-state index in [-0.39, 0.29) is 0 Å². The van der Waals surface area contributed by atoms with Crippen LogP contribution in [0.5, 0.6) is 0 Å². The van der Waals surface area contributed by atoms with Crippen molar-refractivity contribution in [3.05, 3.63) is 84.1 Å². The van der Waals surface area contributed by atoms with E-state index in [1.54, 1.807) is 0 Å². The molecule has 2 heterocycles. The van der Waals surface area contributed by atoms with Gasteiger partial charge in [0.15, 0.2) is 0 Å². The van der Waals surface area contributed by atoms with E-state index in [1.165, 1.54) is 16.6 Å². The Morgan fingerprint density at radius 1 is 0.848 bits per heavy atom. The smallest absolute Gasteiger partial charge is 0.140 e. The van der Waals surface area contributed by atoms with Gasteiger partial charge in [0.2, 0.25) is 0 Å². The van der Waals surface area contributed by atoms with Crippen molar-refractivity contribution in [2.45, 2.75) is 13.5 Å². The van der Waals surface area contributed by atoms with E-state index in [2.05, 4.69) is 114 Å². The van der Waals surface area contributed by atoms with Crippen LogP contribution in [0.1, 0.15) is 11.3 Å². The van der Waals surface area contributed by atoms with E-state index in [0.29, 0.717) is 0 Å². The molecule has 5 aromatic rings. The van der Waals surface area contributed by atoms with E-state index in [4.69, 9.17) is 4.98 Å². The van der Waals surface area contributed by atoms with Crippen LogP contribution in [-0.4, -0.2) is 36.1 Å². The summed E-state index contributed by atoms with van der Waals surface area (Å²) in [7, 11) is 6.08. The van der Waals surface area contributed by atoms with Crippen molar-refractivity contribution in [1.29, 1.82) is 0 Å². The van der Waals surface area contributed by atoms with Crippen molar-refractivity contribution in [2.24, 2.45) is 0 Å². The first-order valence-corrected chi connectivity index (χ1v) is 11.2. The number of para-hydroxylation sites is 1. The third kappa shape index (κ3) is 3.92. The quantitative estimate of drug-likeness (QED) is 0.307. The molecule has 0 aliphatic carbocycles. The molecule has 5 rings (SSSR count). The van der Waals surface area contributed by atoms with Crippen molar-refractivity contribution in [1.82, 2.24) is 20.3 Å². The third-order valence-electron chi connectivity index (χ3n) is 6.11. The van der Waals surface area contributed by atoms with Crippen LogP contribution in [0.3, 0.4) is 0 Å². The number of imidazole rings is 1. The zero-order chi connectivity index (χ0) is 22.9. The van der Waals surface area contributed by atoms with Crippen LogP contribution < -0.4 is 10.2 Å². The molecule has 5 nitrogen and oxygen atoms in total. The van der Waals surface area contributed by atoms with Gasteiger partial charge in [0.05, 0.1) is 11.4 Å². The highest BCUT2D eigenvalue weighted by Gasteiger charge is 2.19. The second kappa shape index (κ2) is 8.60. The van der Waals surface area contributed by atoms with Crippen molar-refractivity contribution in [3.8, 4) is 33.9 Å². The van der Waals surface area contributed by atoms with Gasteiger partial charge >= 0.3 is 0 Å². The van der Waals surface area contributed by atoms with Gasteiger partial charge in [0.1, 0.15) is 5.82 Å². The number of hydrogen-bond donors (Lipinski definition) is 3. The minimum absolute atomic E-state index is 0.849. The SMILES string of the molecule is CNCc1ccc(-c2[nH]c(-c3c(C)[nH]c4ccccc34)nc2-c2ccc(N(C)C)cc2)cc1. The lowest BCUT2D eigenvalue weighted by atomic mass is 10.0. The number of nitrogens with one attached hydrogen (secondary N) is 3. The molecule has 0 aliphatic rings. The van der Waals surface area contributed by atoms with E-state index in [9.17, 15) is 0 Å². The van der Waals surface area contributed by atoms with E-state index >= 15 is 0 Å². The Balaban J connectivity index is 1.68. The Bertz CT molecular complexity index is 1390. The van der Waals surface area contributed by atoms with Gasteiger partial charge in [0, 0.05) is 59.6 Å². The first-order chi connectivity index (χ1) is 16.0. The Kier molecular flexibility index (Phi) is 5.48. The molecule has 0 unspecified atom stereocenters. The molecule has 0 saturated heterocycles. The number of nitrogens with zero attached hydrogens (tertiary/aromatic N) is 2. The summed E-state index contributed by atoms with van der Waals surface area (Å²) in [5, 5.41) is 4.39. The number of H-pyrrole nitrogens is 2. The first kappa shape index (κ1) is 21.0. The fraction of sp³-hybridized carbons (Fsp3) is 0.179. The fourth-order valence-corrected chi connectivity index (χ4v) is 4.40. The van der Waals surface area contributed by atoms with Crippen molar-refractivity contribution in [3.63, 3.8) is 0 Å². The predicted octanol–water partition coefficient (Wildman–Crippen LogP) is 5.99. The molecule has 0 spiro atoms. The summed E-state index contributed by atoms with van der Waals surface area (Å²) in [5.41, 5.74) is 9.98. The highest BCUT2D eigenvalue weighted by molar-refractivity contribution is 5.97. The number of aromatic nitrogens is 3.